The van der Waals surface area contributed by atoms with Crippen LogP contribution in [0.3, 0.4) is 0 Å². The van der Waals surface area contributed by atoms with Crippen LogP contribution in [0, 0.1) is 0 Å². The van der Waals surface area contributed by atoms with Gasteiger partial charge in [0.2, 0.25) is 0 Å². The van der Waals surface area contributed by atoms with Gasteiger partial charge in [0.1, 0.15) is 5.60 Å². The number of anilines is 1. The topological polar surface area (TPSA) is 119 Å². The molecule has 3 aromatic rings. The van der Waals surface area contributed by atoms with Crippen LogP contribution in [-0.2, 0) is 4.84 Å². The highest BCUT2D eigenvalue weighted by atomic mass is 16.6. The second-order valence-corrected chi connectivity index (χ2v) is 8.69. The molecule has 0 aliphatic heterocycles. The second-order valence-electron chi connectivity index (χ2n) is 8.69. The van der Waals surface area contributed by atoms with Gasteiger partial charge in [0.05, 0.1) is 6.21 Å². The zero-order valence-corrected chi connectivity index (χ0v) is 19.5. The molecule has 1 aromatic heterocycles. The summed E-state index contributed by atoms with van der Waals surface area (Å²) in [5.74, 6) is -0.448. The first-order valence-electron chi connectivity index (χ1n) is 10.9. The molecule has 0 aliphatic carbocycles. The third kappa shape index (κ3) is 7.53. The van der Waals surface area contributed by atoms with Crippen molar-refractivity contribution in [1.82, 2.24) is 10.3 Å². The predicted octanol–water partition coefficient (Wildman–Crippen LogP) is 3.91. The van der Waals surface area contributed by atoms with Crippen LogP contribution < -0.4 is 16.4 Å². The van der Waals surface area contributed by atoms with Crippen LogP contribution in [-0.4, -0.2) is 35.2 Å². The number of nitrogens with zero attached hydrogens (tertiary/aromatic N) is 2. The minimum atomic E-state index is -0.415. The van der Waals surface area contributed by atoms with E-state index in [0.717, 1.165) is 11.1 Å². The molecule has 0 fully saturated rings. The van der Waals surface area contributed by atoms with Crippen LogP contribution in [0.25, 0.3) is 0 Å². The highest BCUT2D eigenvalue weighted by Crippen LogP contribution is 2.14. The van der Waals surface area contributed by atoms with Gasteiger partial charge in [0, 0.05) is 41.8 Å². The Morgan fingerprint density at radius 2 is 1.56 bits per heavy atom. The molecule has 0 saturated carbocycles. The fourth-order valence-corrected chi connectivity index (χ4v) is 2.91. The summed E-state index contributed by atoms with van der Waals surface area (Å²) >= 11 is 0. The van der Waals surface area contributed by atoms with Gasteiger partial charge in [-0.15, -0.1) is 0 Å². The second kappa shape index (κ2) is 11.2. The summed E-state index contributed by atoms with van der Waals surface area (Å²) in [6.07, 6.45) is 4.82. The number of oxime groups is 1. The Morgan fingerprint density at radius 3 is 2.18 bits per heavy atom. The molecule has 3 rings (SSSR count). The summed E-state index contributed by atoms with van der Waals surface area (Å²) in [4.78, 5) is 34.1. The molecule has 8 nitrogen and oxygen atoms in total. The molecule has 4 N–H and O–H groups in total. The van der Waals surface area contributed by atoms with Crippen LogP contribution in [0.2, 0.25) is 0 Å². The fourth-order valence-electron chi connectivity index (χ4n) is 2.91. The molecule has 2 amide bonds. The smallest absolute Gasteiger partial charge is 0.255 e. The van der Waals surface area contributed by atoms with E-state index in [2.05, 4.69) is 20.8 Å². The van der Waals surface area contributed by atoms with E-state index in [4.69, 9.17) is 10.6 Å². The Labute approximate surface area is 199 Å². The minimum Gasteiger partial charge on any atom is -0.390 e. The van der Waals surface area contributed by atoms with Crippen molar-refractivity contribution >= 4 is 23.7 Å². The van der Waals surface area contributed by atoms with Crippen molar-refractivity contribution in [2.75, 3.05) is 11.9 Å². The van der Waals surface area contributed by atoms with Crippen molar-refractivity contribution in [1.29, 1.82) is 0 Å². The fraction of sp³-hybridized carbons (Fsp3) is 0.231. The molecule has 0 saturated heterocycles. The lowest BCUT2D eigenvalue weighted by molar-refractivity contribution is 0.00199. The number of rotatable bonds is 8. The molecule has 34 heavy (non-hydrogen) atoms. The summed E-state index contributed by atoms with van der Waals surface area (Å²) in [5.41, 5.74) is 9.20. The van der Waals surface area contributed by atoms with E-state index in [9.17, 15) is 9.59 Å². The maximum absolute atomic E-state index is 12.5. The summed E-state index contributed by atoms with van der Waals surface area (Å²) in [6.45, 7) is 6.00. The molecule has 1 atom stereocenters. The van der Waals surface area contributed by atoms with Gasteiger partial charge in [0.25, 0.3) is 11.8 Å². The van der Waals surface area contributed by atoms with Crippen LogP contribution in [0.15, 0.2) is 78.2 Å². The van der Waals surface area contributed by atoms with E-state index < -0.39 is 6.04 Å². The van der Waals surface area contributed by atoms with Crippen molar-refractivity contribution in [3.63, 3.8) is 0 Å². The number of nitrogens with two attached hydrogens (primary N) is 1. The first-order valence-corrected chi connectivity index (χ1v) is 10.9. The van der Waals surface area contributed by atoms with E-state index in [1.165, 1.54) is 0 Å². The maximum atomic E-state index is 12.5. The third-order valence-corrected chi connectivity index (χ3v) is 4.72. The van der Waals surface area contributed by atoms with E-state index >= 15 is 0 Å². The zero-order valence-electron chi connectivity index (χ0n) is 19.5. The average Bonchev–Trinajstić information content (AvgIpc) is 2.82. The van der Waals surface area contributed by atoms with Gasteiger partial charge in [0.15, 0.2) is 0 Å². The Balaban J connectivity index is 1.50. The van der Waals surface area contributed by atoms with Crippen LogP contribution in [0.4, 0.5) is 5.69 Å². The summed E-state index contributed by atoms with van der Waals surface area (Å²) < 4.78 is 0. The average molecular weight is 460 g/mol. The first-order chi connectivity index (χ1) is 16.2. The van der Waals surface area contributed by atoms with Gasteiger partial charge in [-0.05, 0) is 68.3 Å². The maximum Gasteiger partial charge on any atom is 0.255 e. The Bertz CT molecular complexity index is 1120. The molecule has 0 aliphatic rings. The van der Waals surface area contributed by atoms with E-state index in [1.807, 2.05) is 20.8 Å². The highest BCUT2D eigenvalue weighted by Gasteiger charge is 2.12. The van der Waals surface area contributed by atoms with Crippen molar-refractivity contribution in [3.8, 4) is 0 Å². The predicted molar refractivity (Wildman–Crippen MR) is 133 cm³/mol. The van der Waals surface area contributed by atoms with Gasteiger partial charge < -0.3 is 21.2 Å². The van der Waals surface area contributed by atoms with Gasteiger partial charge in [-0.2, -0.15) is 0 Å². The SMILES string of the molecule is CC(C)(C)ON=Cc1ccc(C(=O)NCC(N)c2ccc(C(=O)Nc3ccncc3)cc2)cc1. The largest absolute Gasteiger partial charge is 0.390 e. The van der Waals surface area contributed by atoms with E-state index in [0.29, 0.717) is 16.8 Å². The minimum absolute atomic E-state index is 0.224. The van der Waals surface area contributed by atoms with E-state index in [1.54, 1.807) is 79.3 Å². The number of carbonyl (C=O) groups is 2. The summed E-state index contributed by atoms with van der Waals surface area (Å²) in [7, 11) is 0. The first kappa shape index (κ1) is 24.6. The molecule has 8 heteroatoms. The Morgan fingerprint density at radius 1 is 0.971 bits per heavy atom. The van der Waals surface area contributed by atoms with E-state index in [-0.39, 0.29) is 24.0 Å². The number of nitrogens with one attached hydrogen (secondary N) is 2. The summed E-state index contributed by atoms with van der Waals surface area (Å²) in [6, 6.07) is 17.0. The third-order valence-electron chi connectivity index (χ3n) is 4.72. The molecule has 0 spiro atoms. The number of hydrogen-bond donors (Lipinski definition) is 3. The normalized spacial score (nSPS) is 12.2. The quantitative estimate of drug-likeness (QED) is 0.349. The molecule has 2 aromatic carbocycles. The molecule has 1 heterocycles. The van der Waals surface area contributed by atoms with Crippen molar-refractivity contribution in [2.45, 2.75) is 32.4 Å². The molecule has 1 unspecified atom stereocenters. The zero-order chi connectivity index (χ0) is 24.6. The number of amides is 2. The van der Waals surface area contributed by atoms with Crippen LogP contribution >= 0.6 is 0 Å². The molecule has 0 radical (unpaired) electrons. The molecular weight excluding hydrogens is 430 g/mol. The van der Waals surface area contributed by atoms with Gasteiger partial charge in [-0.3, -0.25) is 14.6 Å². The monoisotopic (exact) mass is 459 g/mol. The Kier molecular flexibility index (Phi) is 8.10. The van der Waals surface area contributed by atoms with Crippen LogP contribution in [0.1, 0.15) is 58.7 Å². The van der Waals surface area contributed by atoms with Crippen LogP contribution in [0.5, 0.6) is 0 Å². The lowest BCUT2D eigenvalue weighted by Gasteiger charge is -2.15. The van der Waals surface area contributed by atoms with Gasteiger partial charge in [-0.25, -0.2) is 0 Å². The standard InChI is InChI=1S/C26H29N5O3/c1-26(2,3)34-30-16-18-4-6-20(7-5-18)24(32)29-17-23(27)19-8-10-21(11-9-19)25(33)31-22-12-14-28-15-13-22/h4-16,23H,17,27H2,1-3H3,(H,29,32)(H,28,31,33). The highest BCUT2D eigenvalue weighted by molar-refractivity contribution is 6.04. The van der Waals surface area contributed by atoms with Crippen molar-refractivity contribution < 1.29 is 14.4 Å². The number of carbonyl (C=O) groups excluding carboxylic acids is 2. The number of aromatic nitrogens is 1. The molecular formula is C26H29N5O3. The molecule has 0 bridgehead atoms. The van der Waals surface area contributed by atoms with Gasteiger partial charge in [-0.1, -0.05) is 29.4 Å². The van der Waals surface area contributed by atoms with Crippen molar-refractivity contribution in [2.24, 2.45) is 10.9 Å². The lowest BCUT2D eigenvalue weighted by Crippen LogP contribution is -2.31. The number of hydrogen-bond acceptors (Lipinski definition) is 6. The summed E-state index contributed by atoms with van der Waals surface area (Å²) in [5, 5.41) is 9.60. The van der Waals surface area contributed by atoms with Gasteiger partial charge >= 0.3 is 0 Å². The lowest BCUT2D eigenvalue weighted by atomic mass is 10.0. The molecule has 176 valence electrons. The number of benzene rings is 2. The number of pyridine rings is 1. The Hall–Kier alpha value is -4.04. The van der Waals surface area contributed by atoms with Crippen molar-refractivity contribution in [3.05, 3.63) is 95.3 Å².